The van der Waals surface area contributed by atoms with E-state index in [0.717, 1.165) is 42.0 Å². The van der Waals surface area contributed by atoms with Gasteiger partial charge < -0.3 is 29.8 Å². The minimum absolute atomic E-state index is 0.0280. The van der Waals surface area contributed by atoms with Crippen molar-refractivity contribution in [2.45, 2.75) is 76.9 Å². The molecule has 2 atom stereocenters. The second-order valence-corrected chi connectivity index (χ2v) is 15.7. The molecule has 300 valence electrons. The Bertz CT molecular complexity index is 1800. The number of likely N-dealkylation sites (tertiary alicyclic amines) is 1. The van der Waals surface area contributed by atoms with Crippen LogP contribution in [0.4, 0.5) is 4.39 Å². The summed E-state index contributed by atoms with van der Waals surface area (Å²) in [7, 11) is 0.413. The number of nitrogens with zero attached hydrogens (tertiary/aromatic N) is 2. The lowest BCUT2D eigenvalue weighted by atomic mass is 9.96. The maximum absolute atomic E-state index is 12.7. The SMILES string of the molecule is CCC1CCNCC1.COc1ccc(C)cc1.CS(=O)NCC(=O)N1CCCC1C(=O)NCC1(c2nc3ccccc3o2)CC1.OCc1ccc(Cl)cc1F. The van der Waals surface area contributed by atoms with Gasteiger partial charge in [0.2, 0.25) is 17.7 Å². The molecule has 14 heteroatoms. The van der Waals surface area contributed by atoms with Gasteiger partial charge in [-0.1, -0.05) is 60.8 Å². The molecule has 3 aromatic carbocycles. The molecule has 55 heavy (non-hydrogen) atoms. The van der Waals surface area contributed by atoms with Crippen molar-refractivity contribution in [1.82, 2.24) is 25.2 Å². The number of aliphatic hydroxyl groups is 1. The number of amides is 2. The predicted molar refractivity (Wildman–Crippen MR) is 216 cm³/mol. The summed E-state index contributed by atoms with van der Waals surface area (Å²) in [6.45, 7) is 7.52. The topological polar surface area (TPSA) is 146 Å². The number of hydrogen-bond acceptors (Lipinski definition) is 8. The van der Waals surface area contributed by atoms with Gasteiger partial charge >= 0.3 is 0 Å². The fourth-order valence-electron chi connectivity index (χ4n) is 6.31. The second-order valence-electron chi connectivity index (χ2n) is 14.0. The fourth-order valence-corrected chi connectivity index (χ4v) is 6.79. The van der Waals surface area contributed by atoms with Crippen LogP contribution in [-0.4, -0.2) is 83.1 Å². The number of halogens is 2. The Morgan fingerprint density at radius 1 is 1.11 bits per heavy atom. The predicted octanol–water partition coefficient (Wildman–Crippen LogP) is 6.22. The van der Waals surface area contributed by atoms with E-state index in [1.54, 1.807) is 12.0 Å². The number of nitrogens with one attached hydrogen (secondary N) is 3. The smallest absolute Gasteiger partial charge is 0.242 e. The first kappa shape index (κ1) is 43.8. The maximum Gasteiger partial charge on any atom is 0.242 e. The normalized spacial score (nSPS) is 17.7. The number of ether oxygens (including phenoxy) is 1. The van der Waals surface area contributed by atoms with E-state index in [0.29, 0.717) is 30.4 Å². The molecule has 1 aliphatic carbocycles. The van der Waals surface area contributed by atoms with Gasteiger partial charge in [-0.25, -0.2) is 18.3 Å². The largest absolute Gasteiger partial charge is 0.497 e. The molecule has 2 saturated heterocycles. The van der Waals surface area contributed by atoms with Crippen LogP contribution in [0.3, 0.4) is 0 Å². The van der Waals surface area contributed by atoms with Crippen LogP contribution in [-0.2, 0) is 32.6 Å². The molecule has 0 radical (unpaired) electrons. The van der Waals surface area contributed by atoms with Gasteiger partial charge in [-0.3, -0.25) is 9.59 Å². The molecule has 7 rings (SSSR count). The van der Waals surface area contributed by atoms with E-state index < -0.39 is 22.8 Å². The number of piperidine rings is 1. The lowest BCUT2D eigenvalue weighted by Gasteiger charge is -2.24. The minimum atomic E-state index is -1.26. The van der Waals surface area contributed by atoms with Crippen LogP contribution in [0.1, 0.15) is 68.9 Å². The molecule has 0 spiro atoms. The zero-order valence-corrected chi connectivity index (χ0v) is 33.8. The van der Waals surface area contributed by atoms with Crippen LogP contribution < -0.4 is 20.1 Å². The molecule has 2 aliphatic heterocycles. The highest BCUT2D eigenvalue weighted by atomic mass is 35.5. The highest BCUT2D eigenvalue weighted by Gasteiger charge is 2.49. The molecule has 4 aromatic rings. The summed E-state index contributed by atoms with van der Waals surface area (Å²) in [4.78, 5) is 31.2. The third-order valence-electron chi connectivity index (χ3n) is 9.98. The van der Waals surface area contributed by atoms with E-state index in [9.17, 15) is 18.2 Å². The van der Waals surface area contributed by atoms with Crippen LogP contribution in [0.5, 0.6) is 5.75 Å². The van der Waals surface area contributed by atoms with Crippen LogP contribution in [0.2, 0.25) is 5.02 Å². The lowest BCUT2D eigenvalue weighted by molar-refractivity contribution is -0.137. The van der Waals surface area contributed by atoms with Crippen molar-refractivity contribution in [3.05, 3.63) is 94.6 Å². The molecule has 4 N–H and O–H groups in total. The number of aromatic nitrogens is 1. The van der Waals surface area contributed by atoms with E-state index in [1.165, 1.54) is 62.4 Å². The Labute approximate surface area is 331 Å². The molecule has 3 fully saturated rings. The van der Waals surface area contributed by atoms with Gasteiger partial charge in [-0.2, -0.15) is 0 Å². The van der Waals surface area contributed by atoms with Gasteiger partial charge in [0.25, 0.3) is 0 Å². The summed E-state index contributed by atoms with van der Waals surface area (Å²) >= 11 is 5.45. The number of benzene rings is 3. The first-order chi connectivity index (χ1) is 26.5. The fraction of sp³-hybridized carbons (Fsp3) is 0.488. The minimum Gasteiger partial charge on any atom is -0.497 e. The Kier molecular flexibility index (Phi) is 17.5. The summed E-state index contributed by atoms with van der Waals surface area (Å²) < 4.78 is 37.2. The van der Waals surface area contributed by atoms with E-state index in [-0.39, 0.29) is 35.9 Å². The average molecular weight is 800 g/mol. The van der Waals surface area contributed by atoms with Crippen molar-refractivity contribution in [2.24, 2.45) is 5.92 Å². The first-order valence-corrected chi connectivity index (χ1v) is 20.8. The van der Waals surface area contributed by atoms with Crippen LogP contribution in [0.15, 0.2) is 71.1 Å². The number of oxazole rings is 1. The number of aryl methyl sites for hydroxylation is 1. The molecule has 2 unspecified atom stereocenters. The summed E-state index contributed by atoms with van der Waals surface area (Å²) in [6, 6.07) is 19.3. The van der Waals surface area contributed by atoms with Gasteiger partial charge in [0.1, 0.15) is 23.1 Å². The van der Waals surface area contributed by atoms with Crippen molar-refractivity contribution < 1.29 is 32.4 Å². The number of methoxy groups -OCH3 is 1. The molecule has 1 saturated carbocycles. The summed E-state index contributed by atoms with van der Waals surface area (Å²) in [5.74, 6) is 1.80. The van der Waals surface area contributed by atoms with Gasteiger partial charge in [-0.15, -0.1) is 0 Å². The number of aliphatic hydroxyl groups excluding tert-OH is 1. The molecule has 3 heterocycles. The van der Waals surface area contributed by atoms with E-state index in [4.69, 9.17) is 25.9 Å². The number of para-hydroxylation sites is 2. The van der Waals surface area contributed by atoms with Gasteiger partial charge in [-0.05, 0) is 101 Å². The number of hydrogen-bond donors (Lipinski definition) is 4. The zero-order chi connectivity index (χ0) is 39.8. The lowest BCUT2D eigenvalue weighted by Crippen LogP contribution is -2.49. The Morgan fingerprint density at radius 2 is 1.82 bits per heavy atom. The third kappa shape index (κ3) is 13.7. The van der Waals surface area contributed by atoms with E-state index in [2.05, 4.69) is 34.2 Å². The van der Waals surface area contributed by atoms with Crippen molar-refractivity contribution in [1.29, 1.82) is 0 Å². The monoisotopic (exact) mass is 799 g/mol. The Balaban J connectivity index is 0.000000201. The number of carbonyl (C=O) groups excluding carboxylic acids is 2. The molecule has 3 aliphatic rings. The average Bonchev–Trinajstić information content (AvgIpc) is 3.59. The molecular weight excluding hydrogens is 745 g/mol. The summed E-state index contributed by atoms with van der Waals surface area (Å²) in [5, 5.41) is 15.2. The van der Waals surface area contributed by atoms with Crippen LogP contribution in [0.25, 0.3) is 11.1 Å². The summed E-state index contributed by atoms with van der Waals surface area (Å²) in [5.41, 5.74) is 2.86. The second kappa shape index (κ2) is 22.0. The van der Waals surface area contributed by atoms with Crippen molar-refractivity contribution >= 4 is 45.5 Å². The Hall–Kier alpha value is -3.88. The highest BCUT2D eigenvalue weighted by Crippen LogP contribution is 2.48. The van der Waals surface area contributed by atoms with Crippen molar-refractivity contribution in [3.63, 3.8) is 0 Å². The number of carbonyl (C=O) groups is 2. The zero-order valence-electron chi connectivity index (χ0n) is 32.2. The Morgan fingerprint density at radius 3 is 2.40 bits per heavy atom. The molecule has 1 aromatic heterocycles. The molecule has 0 bridgehead atoms. The molecule has 2 amide bonds. The van der Waals surface area contributed by atoms with E-state index >= 15 is 0 Å². The quantitative estimate of drug-likeness (QED) is 0.148. The van der Waals surface area contributed by atoms with E-state index in [1.807, 2.05) is 48.5 Å². The standard InChI is InChI=1S/C19H24N4O4S.C8H10O.C7H6ClFO.C7H15N/c1-28(26)21-11-16(24)23-10-4-6-14(23)17(25)20-12-19(8-9-19)18-22-13-5-2-3-7-15(13)27-18;1-7-3-5-8(9-2)6-4-7;8-6-2-1-5(4-10)7(9)3-6;1-2-7-3-5-8-6-4-7/h2-3,5,7,14,21H,4,6,8-12H2,1H3,(H,20,25);3-6H,1-2H3;1-3,10H,4H2;7-8H,2-6H2,1H3. The first-order valence-electron chi connectivity index (χ1n) is 18.8. The maximum atomic E-state index is 12.7. The van der Waals surface area contributed by atoms with Gasteiger partial charge in [0.15, 0.2) is 5.58 Å². The molecular formula is C41H55ClFN5O6S. The van der Waals surface area contributed by atoms with Crippen molar-refractivity contribution in [2.75, 3.05) is 46.1 Å². The summed E-state index contributed by atoms with van der Waals surface area (Å²) in [6.07, 6.45) is 8.91. The van der Waals surface area contributed by atoms with Crippen molar-refractivity contribution in [3.8, 4) is 5.75 Å². The number of rotatable bonds is 10. The highest BCUT2D eigenvalue weighted by molar-refractivity contribution is 7.82. The van der Waals surface area contributed by atoms with Gasteiger partial charge in [0.05, 0.1) is 36.7 Å². The van der Waals surface area contributed by atoms with Crippen LogP contribution >= 0.6 is 11.6 Å². The van der Waals surface area contributed by atoms with Gasteiger partial charge in [0, 0.05) is 29.9 Å². The molecule has 11 nitrogen and oxygen atoms in total. The third-order valence-corrected chi connectivity index (χ3v) is 10.8. The van der Waals surface area contributed by atoms with Crippen LogP contribution in [0, 0.1) is 18.7 Å². The number of fused-ring (bicyclic) bond motifs is 1.